The van der Waals surface area contributed by atoms with Crippen LogP contribution in [0, 0.1) is 5.92 Å². The SMILES string of the molecule is C/C=C(\C=C/C1=C(C)CCC(C)=C1/C=C\C(P)=C/C)CC(CP)CP. The molecular weight excluding hydrogens is 357 g/mol. The fraction of sp³-hybridized carbons (Fsp3) is 0.455. The summed E-state index contributed by atoms with van der Waals surface area (Å²) in [5, 5.41) is 1.23. The van der Waals surface area contributed by atoms with Crippen LogP contribution < -0.4 is 0 Å². The van der Waals surface area contributed by atoms with E-state index in [1.54, 1.807) is 0 Å². The lowest BCUT2D eigenvalue weighted by Gasteiger charge is -2.20. The highest BCUT2D eigenvalue weighted by Crippen LogP contribution is 2.33. The summed E-state index contributed by atoms with van der Waals surface area (Å²) in [6.45, 7) is 8.77. The van der Waals surface area contributed by atoms with Gasteiger partial charge in [-0.1, -0.05) is 53.2 Å². The molecule has 3 unspecified atom stereocenters. The van der Waals surface area contributed by atoms with E-state index in [1.807, 2.05) is 0 Å². The zero-order valence-corrected chi connectivity index (χ0v) is 19.8. The summed E-state index contributed by atoms with van der Waals surface area (Å²) in [7, 11) is 8.56. The highest BCUT2D eigenvalue weighted by molar-refractivity contribution is 7.22. The van der Waals surface area contributed by atoms with Crippen LogP contribution in [0.3, 0.4) is 0 Å². The third kappa shape index (κ3) is 7.47. The molecule has 0 aromatic rings. The van der Waals surface area contributed by atoms with Crippen LogP contribution in [-0.2, 0) is 0 Å². The molecule has 0 fully saturated rings. The van der Waals surface area contributed by atoms with E-state index < -0.39 is 0 Å². The molecule has 0 bridgehead atoms. The second-order valence-corrected chi connectivity index (χ2v) is 8.36. The monoisotopic (exact) mass is 392 g/mol. The van der Waals surface area contributed by atoms with Crippen molar-refractivity contribution in [3.63, 3.8) is 0 Å². The minimum absolute atomic E-state index is 0.721. The van der Waals surface area contributed by atoms with Gasteiger partial charge in [-0.3, -0.25) is 0 Å². The molecule has 0 nitrogen and oxygen atoms in total. The highest BCUT2D eigenvalue weighted by Gasteiger charge is 2.13. The maximum Gasteiger partial charge on any atom is -0.0195 e. The van der Waals surface area contributed by atoms with Crippen LogP contribution in [0.4, 0.5) is 0 Å². The largest absolute Gasteiger partial charge is 0.137 e. The molecule has 1 rings (SSSR count). The van der Waals surface area contributed by atoms with Crippen LogP contribution in [-0.4, -0.2) is 12.3 Å². The van der Waals surface area contributed by atoms with Crippen molar-refractivity contribution in [1.29, 1.82) is 0 Å². The Morgan fingerprint density at radius 3 is 1.88 bits per heavy atom. The molecule has 0 saturated carbocycles. The highest BCUT2D eigenvalue weighted by atomic mass is 31.0. The molecule has 1 aliphatic carbocycles. The molecule has 1 aliphatic rings. The molecule has 0 N–H and O–H groups in total. The van der Waals surface area contributed by atoms with Crippen LogP contribution in [0.25, 0.3) is 0 Å². The van der Waals surface area contributed by atoms with Gasteiger partial charge in [0, 0.05) is 0 Å². The van der Waals surface area contributed by atoms with Gasteiger partial charge in [0.05, 0.1) is 0 Å². The minimum Gasteiger partial charge on any atom is -0.137 e. The summed E-state index contributed by atoms with van der Waals surface area (Å²) in [6, 6.07) is 0. The first kappa shape index (κ1) is 22.8. The van der Waals surface area contributed by atoms with E-state index in [9.17, 15) is 0 Å². The first-order valence-corrected chi connectivity index (χ1v) is 11.4. The normalized spacial score (nSPS) is 17.8. The Bertz CT molecular complexity index is 624. The van der Waals surface area contributed by atoms with Gasteiger partial charge in [-0.15, -0.1) is 27.7 Å². The number of allylic oxidation sites excluding steroid dienone is 12. The van der Waals surface area contributed by atoms with Crippen molar-refractivity contribution in [2.45, 2.75) is 47.0 Å². The molecule has 0 aromatic carbocycles. The third-order valence-electron chi connectivity index (χ3n) is 4.89. The van der Waals surface area contributed by atoms with Crippen molar-refractivity contribution in [1.82, 2.24) is 0 Å². The Kier molecular flexibility index (Phi) is 11.1. The molecule has 25 heavy (non-hydrogen) atoms. The maximum atomic E-state index is 2.88. The van der Waals surface area contributed by atoms with Gasteiger partial charge in [0.2, 0.25) is 0 Å². The smallest absolute Gasteiger partial charge is 0.0195 e. The summed E-state index contributed by atoms with van der Waals surface area (Å²) in [5.41, 5.74) is 7.22. The van der Waals surface area contributed by atoms with E-state index >= 15 is 0 Å². The Morgan fingerprint density at radius 1 is 0.920 bits per heavy atom. The van der Waals surface area contributed by atoms with Crippen molar-refractivity contribution < 1.29 is 0 Å². The van der Waals surface area contributed by atoms with Crippen LogP contribution in [0.2, 0.25) is 0 Å². The van der Waals surface area contributed by atoms with E-state index in [0.717, 1.165) is 24.7 Å². The fourth-order valence-electron chi connectivity index (χ4n) is 2.91. The van der Waals surface area contributed by atoms with Crippen LogP contribution in [0.1, 0.15) is 47.0 Å². The summed E-state index contributed by atoms with van der Waals surface area (Å²) in [5.74, 6) is 0.721. The topological polar surface area (TPSA) is 0 Å². The van der Waals surface area contributed by atoms with Gasteiger partial charge in [-0.25, -0.2) is 0 Å². The lowest BCUT2D eigenvalue weighted by molar-refractivity contribution is 0.672. The van der Waals surface area contributed by atoms with E-state index in [2.05, 4.69) is 91.9 Å². The maximum absolute atomic E-state index is 2.88. The predicted octanol–water partition coefficient (Wildman–Crippen LogP) is 7.01. The first-order valence-electron chi connectivity index (χ1n) is 9.19. The average Bonchev–Trinajstić information content (AvgIpc) is 2.63. The van der Waals surface area contributed by atoms with E-state index in [-0.39, 0.29) is 0 Å². The summed E-state index contributed by atoms with van der Waals surface area (Å²) < 4.78 is 0. The summed E-state index contributed by atoms with van der Waals surface area (Å²) in [4.78, 5) is 0. The van der Waals surface area contributed by atoms with Gasteiger partial charge in [0.25, 0.3) is 0 Å². The zero-order chi connectivity index (χ0) is 18.8. The standard InChI is InChI=1S/C22H35P3/c1-5-18(13-19(14-23)15-24)9-11-21-16(3)7-8-17(4)22(21)12-10-20(25)6-2/h5-6,9-12,19H,7-8,13-15,23-25H2,1-4H3/b11-9-,12-10-,18-5+,20-6+. The van der Waals surface area contributed by atoms with Crippen molar-refractivity contribution in [2.75, 3.05) is 12.3 Å². The molecule has 0 aromatic heterocycles. The van der Waals surface area contributed by atoms with Gasteiger partial charge in [-0.2, -0.15) is 0 Å². The molecule has 3 atom stereocenters. The second kappa shape index (κ2) is 12.2. The first-order chi connectivity index (χ1) is 12.0. The molecule has 3 heteroatoms. The van der Waals surface area contributed by atoms with Gasteiger partial charge < -0.3 is 0 Å². The zero-order valence-electron chi connectivity index (χ0n) is 16.3. The fourth-order valence-corrected chi connectivity index (χ4v) is 4.11. The predicted molar refractivity (Wildman–Crippen MR) is 127 cm³/mol. The molecule has 0 spiro atoms. The van der Waals surface area contributed by atoms with Crippen LogP contribution in [0.15, 0.2) is 69.6 Å². The molecular formula is C22H35P3. The van der Waals surface area contributed by atoms with Crippen molar-refractivity contribution >= 4 is 27.7 Å². The van der Waals surface area contributed by atoms with E-state index in [0.29, 0.717) is 0 Å². The molecule has 0 heterocycles. The molecule has 138 valence electrons. The van der Waals surface area contributed by atoms with Gasteiger partial charge in [-0.05, 0) is 81.7 Å². The van der Waals surface area contributed by atoms with Gasteiger partial charge in [0.1, 0.15) is 0 Å². The van der Waals surface area contributed by atoms with E-state index in [4.69, 9.17) is 0 Å². The molecule has 0 amide bonds. The lowest BCUT2D eigenvalue weighted by atomic mass is 9.85. The third-order valence-corrected chi connectivity index (χ3v) is 6.75. The number of hydrogen-bond donors (Lipinski definition) is 0. The second-order valence-electron chi connectivity index (χ2n) is 6.75. The van der Waals surface area contributed by atoms with Gasteiger partial charge in [0.15, 0.2) is 0 Å². The van der Waals surface area contributed by atoms with Gasteiger partial charge >= 0.3 is 0 Å². The average molecular weight is 392 g/mol. The Labute approximate surface area is 162 Å². The van der Waals surface area contributed by atoms with Crippen molar-refractivity contribution in [2.24, 2.45) is 5.92 Å². The summed E-state index contributed by atoms with van der Waals surface area (Å²) >= 11 is 0. The quantitative estimate of drug-likeness (QED) is 0.308. The lowest BCUT2D eigenvalue weighted by Crippen LogP contribution is -2.04. The number of hydrogen-bond acceptors (Lipinski definition) is 0. The minimum atomic E-state index is 0.721. The van der Waals surface area contributed by atoms with Crippen LogP contribution in [0.5, 0.6) is 0 Å². The molecule has 0 aliphatic heterocycles. The van der Waals surface area contributed by atoms with Crippen molar-refractivity contribution in [3.05, 3.63) is 69.6 Å². The Balaban J connectivity index is 3.08. The molecule has 0 radical (unpaired) electrons. The molecule has 0 saturated heterocycles. The Hall–Kier alpha value is -0.270. The summed E-state index contributed by atoms with van der Waals surface area (Å²) in [6.07, 6.45) is 19.3. The number of rotatable bonds is 8. The van der Waals surface area contributed by atoms with Crippen LogP contribution >= 0.6 is 27.7 Å². The Morgan fingerprint density at radius 2 is 1.44 bits per heavy atom. The van der Waals surface area contributed by atoms with Crippen molar-refractivity contribution in [3.8, 4) is 0 Å². The van der Waals surface area contributed by atoms with E-state index in [1.165, 1.54) is 46.0 Å².